The highest BCUT2D eigenvalue weighted by molar-refractivity contribution is 6.15. The second-order valence-electron chi connectivity index (χ2n) is 7.17. The number of nitrogens with one attached hydrogen (secondary N) is 1. The molecule has 0 saturated carbocycles. The van der Waals surface area contributed by atoms with E-state index < -0.39 is 0 Å². The number of aromatic amines is 1. The van der Waals surface area contributed by atoms with Crippen molar-refractivity contribution in [1.29, 1.82) is 0 Å². The Balaban J connectivity index is 1.56. The second-order valence-corrected chi connectivity index (χ2v) is 7.17. The molecule has 29 heavy (non-hydrogen) atoms. The maximum absolute atomic E-state index is 13.3. The summed E-state index contributed by atoms with van der Waals surface area (Å²) in [6.07, 6.45) is 6.32. The summed E-state index contributed by atoms with van der Waals surface area (Å²) in [4.78, 5) is 24.9. The van der Waals surface area contributed by atoms with Gasteiger partial charge in [0.15, 0.2) is 5.82 Å². The van der Waals surface area contributed by atoms with Crippen molar-refractivity contribution < 1.29 is 4.79 Å². The van der Waals surface area contributed by atoms with Crippen molar-refractivity contribution in [1.82, 2.24) is 19.5 Å². The van der Waals surface area contributed by atoms with Gasteiger partial charge in [0.1, 0.15) is 0 Å². The molecule has 0 spiro atoms. The fourth-order valence-corrected chi connectivity index (χ4v) is 3.73. The van der Waals surface area contributed by atoms with Crippen LogP contribution in [0.2, 0.25) is 0 Å². The summed E-state index contributed by atoms with van der Waals surface area (Å²) in [5.41, 5.74) is 5.71. The number of hydrogen-bond acceptors (Lipinski definition) is 3. The molecule has 3 heterocycles. The van der Waals surface area contributed by atoms with Crippen LogP contribution in [0, 0.1) is 0 Å². The number of H-pyrrole nitrogens is 1. The molecule has 1 N–H and O–H groups in total. The number of para-hydroxylation sites is 1. The molecular weight excluding hydrogens is 360 g/mol. The molecule has 0 radical (unpaired) electrons. The maximum atomic E-state index is 13.3. The van der Waals surface area contributed by atoms with Crippen LogP contribution in [0.15, 0.2) is 73.2 Å². The molecule has 142 valence electrons. The summed E-state index contributed by atoms with van der Waals surface area (Å²) in [7, 11) is 0. The molecule has 5 rings (SSSR count). The van der Waals surface area contributed by atoms with E-state index in [4.69, 9.17) is 0 Å². The number of carbonyl (C=O) groups is 1. The number of benzene rings is 2. The summed E-state index contributed by atoms with van der Waals surface area (Å²) in [6.45, 7) is 2.86. The highest BCUT2D eigenvalue weighted by Gasteiger charge is 2.19. The molecular formula is C24H20N4O. The lowest BCUT2D eigenvalue weighted by Crippen LogP contribution is -2.03. The molecule has 0 atom stereocenters. The lowest BCUT2D eigenvalue weighted by atomic mass is 10.1. The third-order valence-electron chi connectivity index (χ3n) is 5.32. The van der Waals surface area contributed by atoms with Crippen LogP contribution in [-0.4, -0.2) is 25.3 Å². The average Bonchev–Trinajstić information content (AvgIpc) is 3.36. The quantitative estimate of drug-likeness (QED) is 0.447. The van der Waals surface area contributed by atoms with Crippen molar-refractivity contribution in [2.45, 2.75) is 19.9 Å². The third-order valence-corrected chi connectivity index (χ3v) is 5.32. The van der Waals surface area contributed by atoms with Crippen LogP contribution in [0.4, 0.5) is 0 Å². The predicted octanol–water partition coefficient (Wildman–Crippen LogP) is 4.75. The van der Waals surface area contributed by atoms with E-state index in [1.165, 1.54) is 11.1 Å². The minimum absolute atomic E-state index is 0.113. The van der Waals surface area contributed by atoms with Gasteiger partial charge < -0.3 is 9.55 Å². The van der Waals surface area contributed by atoms with Crippen molar-refractivity contribution in [2.75, 3.05) is 0 Å². The zero-order chi connectivity index (χ0) is 19.8. The Morgan fingerprint density at radius 1 is 1.03 bits per heavy atom. The zero-order valence-corrected chi connectivity index (χ0v) is 16.1. The number of fused-ring (bicyclic) bond motifs is 2. The molecule has 0 fully saturated rings. The molecule has 5 nitrogen and oxygen atoms in total. The Hall–Kier alpha value is -3.73. The van der Waals surface area contributed by atoms with Gasteiger partial charge in [-0.2, -0.15) is 0 Å². The maximum Gasteiger partial charge on any atom is 0.230 e. The molecule has 0 aliphatic carbocycles. The molecule has 5 aromatic rings. The van der Waals surface area contributed by atoms with E-state index in [1.807, 2.05) is 24.4 Å². The number of imidazole rings is 1. The van der Waals surface area contributed by atoms with Gasteiger partial charge in [0.25, 0.3) is 0 Å². The Morgan fingerprint density at radius 3 is 2.62 bits per heavy atom. The third kappa shape index (κ3) is 3.10. The van der Waals surface area contributed by atoms with E-state index >= 15 is 0 Å². The first-order chi connectivity index (χ1) is 14.2. The summed E-state index contributed by atoms with van der Waals surface area (Å²) >= 11 is 0. The molecule has 0 unspecified atom stereocenters. The molecule has 2 aromatic carbocycles. The number of pyridine rings is 1. The Kier molecular flexibility index (Phi) is 4.21. The van der Waals surface area contributed by atoms with Gasteiger partial charge in [-0.25, -0.2) is 4.98 Å². The molecule has 5 heteroatoms. The standard InChI is InChI=1S/C24H20N4O/c1-2-16-7-9-17(10-8-16)14-28-15-19(18-5-3-4-6-22(18)28)23(29)24-26-20-11-12-25-13-21(20)27-24/h3-13,15H,2,14H2,1H3,(H,26,27). The van der Waals surface area contributed by atoms with E-state index in [0.717, 1.165) is 28.4 Å². The van der Waals surface area contributed by atoms with Crippen LogP contribution < -0.4 is 0 Å². The fraction of sp³-hybridized carbons (Fsp3) is 0.125. The minimum atomic E-state index is -0.113. The fourth-order valence-electron chi connectivity index (χ4n) is 3.73. The Morgan fingerprint density at radius 2 is 1.83 bits per heavy atom. The molecule has 0 amide bonds. The molecule has 0 aliphatic rings. The normalized spacial score (nSPS) is 11.3. The van der Waals surface area contributed by atoms with E-state index in [-0.39, 0.29) is 5.78 Å². The summed E-state index contributed by atoms with van der Waals surface area (Å²) in [5.74, 6) is 0.223. The van der Waals surface area contributed by atoms with Gasteiger partial charge in [0.05, 0.1) is 22.8 Å². The highest BCUT2D eigenvalue weighted by atomic mass is 16.1. The number of hydrogen-bond donors (Lipinski definition) is 1. The number of rotatable bonds is 5. The van der Waals surface area contributed by atoms with Gasteiger partial charge in [0, 0.05) is 29.8 Å². The average molecular weight is 380 g/mol. The van der Waals surface area contributed by atoms with E-state index in [9.17, 15) is 4.79 Å². The minimum Gasteiger partial charge on any atom is -0.342 e. The summed E-state index contributed by atoms with van der Waals surface area (Å²) in [5, 5.41) is 0.932. The number of nitrogens with zero attached hydrogens (tertiary/aromatic N) is 3. The van der Waals surface area contributed by atoms with Gasteiger partial charge in [-0.15, -0.1) is 0 Å². The van der Waals surface area contributed by atoms with Crippen molar-refractivity contribution in [3.05, 3.63) is 95.7 Å². The smallest absolute Gasteiger partial charge is 0.230 e. The van der Waals surface area contributed by atoms with Crippen LogP contribution >= 0.6 is 0 Å². The second kappa shape index (κ2) is 7.02. The Labute approximate surface area is 168 Å². The topological polar surface area (TPSA) is 63.6 Å². The highest BCUT2D eigenvalue weighted by Crippen LogP contribution is 2.25. The summed E-state index contributed by atoms with van der Waals surface area (Å²) < 4.78 is 2.13. The lowest BCUT2D eigenvalue weighted by Gasteiger charge is -2.06. The van der Waals surface area contributed by atoms with E-state index in [0.29, 0.717) is 17.9 Å². The van der Waals surface area contributed by atoms with Gasteiger partial charge >= 0.3 is 0 Å². The van der Waals surface area contributed by atoms with Gasteiger partial charge in [0.2, 0.25) is 5.78 Å². The van der Waals surface area contributed by atoms with Gasteiger partial charge in [-0.1, -0.05) is 49.4 Å². The number of carbonyl (C=O) groups excluding carboxylic acids is 1. The van der Waals surface area contributed by atoms with Crippen LogP contribution in [0.5, 0.6) is 0 Å². The van der Waals surface area contributed by atoms with Crippen molar-refractivity contribution >= 4 is 27.7 Å². The first-order valence-corrected chi connectivity index (χ1v) is 9.73. The monoisotopic (exact) mass is 380 g/mol. The molecule has 3 aromatic heterocycles. The number of ketones is 1. The van der Waals surface area contributed by atoms with Crippen LogP contribution in [0.1, 0.15) is 34.2 Å². The van der Waals surface area contributed by atoms with Crippen LogP contribution in [0.25, 0.3) is 21.9 Å². The van der Waals surface area contributed by atoms with Gasteiger partial charge in [-0.3, -0.25) is 9.78 Å². The predicted molar refractivity (Wildman–Crippen MR) is 114 cm³/mol. The first kappa shape index (κ1) is 17.4. The first-order valence-electron chi connectivity index (χ1n) is 9.73. The van der Waals surface area contributed by atoms with E-state index in [2.05, 4.69) is 56.8 Å². The van der Waals surface area contributed by atoms with Crippen molar-refractivity contribution in [3.8, 4) is 0 Å². The Bertz CT molecular complexity index is 1300. The van der Waals surface area contributed by atoms with Crippen LogP contribution in [0.3, 0.4) is 0 Å². The molecule has 0 saturated heterocycles. The largest absolute Gasteiger partial charge is 0.342 e. The number of aryl methyl sites for hydroxylation is 1. The molecule has 0 bridgehead atoms. The van der Waals surface area contributed by atoms with E-state index in [1.54, 1.807) is 18.5 Å². The molecule has 0 aliphatic heterocycles. The van der Waals surface area contributed by atoms with Crippen LogP contribution in [-0.2, 0) is 13.0 Å². The van der Waals surface area contributed by atoms with Crippen molar-refractivity contribution in [2.24, 2.45) is 0 Å². The SMILES string of the molecule is CCc1ccc(Cn2cc(C(=O)c3nc4ccncc4[nH]3)c3ccccc32)cc1. The number of aromatic nitrogens is 4. The lowest BCUT2D eigenvalue weighted by molar-refractivity contribution is 0.103. The zero-order valence-electron chi connectivity index (χ0n) is 16.1. The van der Waals surface area contributed by atoms with Crippen molar-refractivity contribution in [3.63, 3.8) is 0 Å². The van der Waals surface area contributed by atoms with Gasteiger partial charge in [-0.05, 0) is 29.7 Å². The summed E-state index contributed by atoms with van der Waals surface area (Å²) in [6, 6.07) is 18.4.